The molecule has 29 heavy (non-hydrogen) atoms. The third-order valence-electron chi connectivity index (χ3n) is 5.33. The van der Waals surface area contributed by atoms with E-state index in [4.69, 9.17) is 4.98 Å². The van der Waals surface area contributed by atoms with Crippen molar-refractivity contribution in [1.29, 1.82) is 0 Å². The second-order valence-corrected chi connectivity index (χ2v) is 7.27. The van der Waals surface area contributed by atoms with Crippen molar-refractivity contribution in [2.24, 2.45) is 7.05 Å². The van der Waals surface area contributed by atoms with Gasteiger partial charge in [-0.15, -0.1) is 0 Å². The lowest BCUT2D eigenvalue weighted by Crippen LogP contribution is -2.27. The van der Waals surface area contributed by atoms with Crippen LogP contribution in [-0.2, 0) is 7.05 Å². The third-order valence-corrected chi connectivity index (χ3v) is 5.33. The summed E-state index contributed by atoms with van der Waals surface area (Å²) in [5, 5.41) is 8.24. The zero-order chi connectivity index (χ0) is 20.5. The van der Waals surface area contributed by atoms with Gasteiger partial charge in [0.25, 0.3) is 5.91 Å². The maximum Gasteiger partial charge on any atom is 0.252 e. The molecule has 1 atom stereocenters. The molecular formula is C23H23N5O. The average molecular weight is 385 g/mol. The van der Waals surface area contributed by atoms with Crippen LogP contribution in [0.25, 0.3) is 22.2 Å². The number of aryl methyl sites for hydroxylation is 2. The van der Waals surface area contributed by atoms with Crippen LogP contribution >= 0.6 is 0 Å². The van der Waals surface area contributed by atoms with Gasteiger partial charge in [-0.1, -0.05) is 18.2 Å². The monoisotopic (exact) mass is 385 g/mol. The summed E-state index contributed by atoms with van der Waals surface area (Å²) in [4.78, 5) is 22.3. The fourth-order valence-electron chi connectivity index (χ4n) is 3.53. The van der Waals surface area contributed by atoms with Crippen molar-refractivity contribution < 1.29 is 4.79 Å². The lowest BCUT2D eigenvalue weighted by molar-refractivity contribution is 0.0941. The number of rotatable bonds is 4. The summed E-state index contributed by atoms with van der Waals surface area (Å²) < 4.78 is 1.81. The van der Waals surface area contributed by atoms with Crippen molar-refractivity contribution >= 4 is 16.8 Å². The van der Waals surface area contributed by atoms with E-state index >= 15 is 0 Å². The molecule has 3 heterocycles. The normalized spacial score (nSPS) is 12.1. The largest absolute Gasteiger partial charge is 0.345 e. The number of nitrogens with zero attached hydrogens (tertiary/aromatic N) is 4. The Morgan fingerprint density at radius 2 is 1.97 bits per heavy atom. The van der Waals surface area contributed by atoms with Gasteiger partial charge in [-0.05, 0) is 44.5 Å². The molecule has 0 radical (unpaired) electrons. The van der Waals surface area contributed by atoms with E-state index in [1.807, 2.05) is 68.9 Å². The maximum atomic E-state index is 13.3. The average Bonchev–Trinajstić information content (AvgIpc) is 3.07. The number of carbonyl (C=O) groups excluding carboxylic acids is 1. The highest BCUT2D eigenvalue weighted by Crippen LogP contribution is 2.27. The predicted octanol–water partition coefficient (Wildman–Crippen LogP) is 4.14. The van der Waals surface area contributed by atoms with Crippen molar-refractivity contribution in [2.75, 3.05) is 0 Å². The van der Waals surface area contributed by atoms with Gasteiger partial charge < -0.3 is 5.32 Å². The lowest BCUT2D eigenvalue weighted by atomic mass is 10.0. The van der Waals surface area contributed by atoms with Gasteiger partial charge in [0, 0.05) is 41.6 Å². The molecule has 0 aliphatic heterocycles. The molecule has 4 rings (SSSR count). The topological polar surface area (TPSA) is 72.7 Å². The van der Waals surface area contributed by atoms with E-state index in [9.17, 15) is 4.79 Å². The van der Waals surface area contributed by atoms with Crippen LogP contribution in [0.15, 0.2) is 55.0 Å². The summed E-state index contributed by atoms with van der Waals surface area (Å²) >= 11 is 0. The molecule has 1 amide bonds. The summed E-state index contributed by atoms with van der Waals surface area (Å²) in [5.74, 6) is -0.135. The Hall–Kier alpha value is -3.54. The van der Waals surface area contributed by atoms with E-state index in [2.05, 4.69) is 15.4 Å². The minimum absolute atomic E-state index is 0.135. The first kappa shape index (κ1) is 18.8. The van der Waals surface area contributed by atoms with Crippen LogP contribution in [-0.4, -0.2) is 25.7 Å². The van der Waals surface area contributed by atoms with E-state index < -0.39 is 0 Å². The van der Waals surface area contributed by atoms with Crippen molar-refractivity contribution in [3.05, 3.63) is 77.4 Å². The summed E-state index contributed by atoms with van der Waals surface area (Å²) in [6.45, 7) is 5.97. The predicted molar refractivity (Wildman–Crippen MR) is 114 cm³/mol. The van der Waals surface area contributed by atoms with Crippen LogP contribution in [0.2, 0.25) is 0 Å². The van der Waals surface area contributed by atoms with E-state index in [1.165, 1.54) is 0 Å². The quantitative estimate of drug-likeness (QED) is 0.573. The number of para-hydroxylation sites is 1. The molecule has 3 aromatic heterocycles. The first-order valence-corrected chi connectivity index (χ1v) is 9.56. The number of nitrogens with one attached hydrogen (secondary N) is 1. The Bertz CT molecular complexity index is 1200. The van der Waals surface area contributed by atoms with Crippen molar-refractivity contribution in [1.82, 2.24) is 25.1 Å². The van der Waals surface area contributed by atoms with Crippen LogP contribution in [0.5, 0.6) is 0 Å². The Labute approximate surface area is 169 Å². The number of aromatic nitrogens is 4. The Kier molecular flexibility index (Phi) is 4.84. The van der Waals surface area contributed by atoms with Gasteiger partial charge >= 0.3 is 0 Å². The minimum atomic E-state index is -0.161. The highest BCUT2D eigenvalue weighted by molar-refractivity contribution is 6.07. The van der Waals surface area contributed by atoms with Crippen LogP contribution in [0, 0.1) is 13.8 Å². The number of hydrogen-bond acceptors (Lipinski definition) is 4. The van der Waals surface area contributed by atoms with E-state index in [0.717, 1.165) is 39.0 Å². The van der Waals surface area contributed by atoms with Gasteiger partial charge in [-0.2, -0.15) is 5.10 Å². The SMILES string of the molecule is Cc1cccc2c(C(=O)N[C@H](C)c3cnn(C)c3C)cc(-c3cccnc3)nc12. The fourth-order valence-corrected chi connectivity index (χ4v) is 3.53. The summed E-state index contributed by atoms with van der Waals surface area (Å²) in [6, 6.07) is 11.4. The van der Waals surface area contributed by atoms with Gasteiger partial charge in [-0.25, -0.2) is 4.98 Å². The molecule has 0 saturated heterocycles. The highest BCUT2D eigenvalue weighted by Gasteiger charge is 2.19. The van der Waals surface area contributed by atoms with Gasteiger partial charge in [0.05, 0.1) is 29.0 Å². The van der Waals surface area contributed by atoms with Gasteiger partial charge in [0.15, 0.2) is 0 Å². The molecule has 146 valence electrons. The van der Waals surface area contributed by atoms with Crippen molar-refractivity contribution in [3.8, 4) is 11.3 Å². The number of hydrogen-bond donors (Lipinski definition) is 1. The number of fused-ring (bicyclic) bond motifs is 1. The molecule has 6 heteroatoms. The second-order valence-electron chi connectivity index (χ2n) is 7.27. The number of carbonyl (C=O) groups is 1. The summed E-state index contributed by atoms with van der Waals surface area (Å²) in [7, 11) is 1.90. The molecule has 0 spiro atoms. The number of pyridine rings is 2. The lowest BCUT2D eigenvalue weighted by Gasteiger charge is -2.16. The smallest absolute Gasteiger partial charge is 0.252 e. The molecule has 0 unspecified atom stereocenters. The Morgan fingerprint density at radius 1 is 1.14 bits per heavy atom. The third kappa shape index (κ3) is 3.49. The van der Waals surface area contributed by atoms with Gasteiger partial charge in [-0.3, -0.25) is 14.5 Å². The van der Waals surface area contributed by atoms with Crippen molar-refractivity contribution in [2.45, 2.75) is 26.8 Å². The molecule has 6 nitrogen and oxygen atoms in total. The Morgan fingerprint density at radius 3 is 2.66 bits per heavy atom. The van der Waals surface area contributed by atoms with Gasteiger partial charge in [0.1, 0.15) is 0 Å². The fraction of sp³-hybridized carbons (Fsp3) is 0.217. The Balaban J connectivity index is 1.78. The summed E-state index contributed by atoms with van der Waals surface area (Å²) in [6.07, 6.45) is 5.28. The number of amides is 1. The first-order chi connectivity index (χ1) is 14.0. The van der Waals surface area contributed by atoms with E-state index in [-0.39, 0.29) is 11.9 Å². The van der Waals surface area contributed by atoms with Crippen LogP contribution in [0.4, 0.5) is 0 Å². The molecule has 4 aromatic rings. The second kappa shape index (κ2) is 7.47. The maximum absolute atomic E-state index is 13.3. The molecule has 1 N–H and O–H groups in total. The van der Waals surface area contributed by atoms with Gasteiger partial charge in [0.2, 0.25) is 0 Å². The van der Waals surface area contributed by atoms with Crippen LogP contribution in [0.1, 0.15) is 40.1 Å². The molecule has 1 aromatic carbocycles. The van der Waals surface area contributed by atoms with E-state index in [0.29, 0.717) is 5.56 Å². The molecule has 0 aliphatic carbocycles. The minimum Gasteiger partial charge on any atom is -0.345 e. The first-order valence-electron chi connectivity index (χ1n) is 9.56. The molecule has 0 fully saturated rings. The molecular weight excluding hydrogens is 362 g/mol. The number of benzene rings is 1. The molecule has 0 bridgehead atoms. The van der Waals surface area contributed by atoms with E-state index in [1.54, 1.807) is 18.6 Å². The molecule has 0 saturated carbocycles. The summed E-state index contributed by atoms with van der Waals surface area (Å²) in [5.41, 5.74) is 6.10. The van der Waals surface area contributed by atoms with Crippen molar-refractivity contribution in [3.63, 3.8) is 0 Å². The zero-order valence-corrected chi connectivity index (χ0v) is 17.0. The zero-order valence-electron chi connectivity index (χ0n) is 17.0. The highest BCUT2D eigenvalue weighted by atomic mass is 16.1. The molecule has 0 aliphatic rings. The standard InChI is InChI=1S/C23H23N5O/c1-14-7-5-9-18-19(11-21(27-22(14)18)17-8-6-10-24-12-17)23(29)26-15(2)20-13-25-28(4)16(20)3/h5-13,15H,1-4H3,(H,26,29)/t15-/m1/s1. The van der Waals surface area contributed by atoms with Crippen LogP contribution in [0.3, 0.4) is 0 Å². The van der Waals surface area contributed by atoms with Crippen LogP contribution < -0.4 is 5.32 Å².